The molecule has 0 bridgehead atoms. The van der Waals surface area contributed by atoms with E-state index in [2.05, 4.69) is 4.98 Å². The minimum Gasteiger partial charge on any atom is -0.312 e. The lowest BCUT2D eigenvalue weighted by molar-refractivity contribution is -0.117. The van der Waals surface area contributed by atoms with E-state index in [9.17, 15) is 14.9 Å². The Morgan fingerprint density at radius 3 is 2.64 bits per heavy atom. The predicted molar refractivity (Wildman–Crippen MR) is 94.7 cm³/mol. The summed E-state index contributed by atoms with van der Waals surface area (Å²) in [5.41, 5.74) is 2.15. The van der Waals surface area contributed by atoms with Gasteiger partial charge in [-0.1, -0.05) is 24.3 Å². The summed E-state index contributed by atoms with van der Waals surface area (Å²) in [6, 6.07) is 14.6. The normalized spacial score (nSPS) is 15.3. The molecule has 5 heteroatoms. The molecular formula is C20H17N3O2. The zero-order valence-electron chi connectivity index (χ0n) is 13.6. The van der Waals surface area contributed by atoms with Crippen LogP contribution in [0.25, 0.3) is 6.08 Å². The van der Waals surface area contributed by atoms with Crippen LogP contribution in [0.15, 0.2) is 54.7 Å². The van der Waals surface area contributed by atoms with Gasteiger partial charge in [0, 0.05) is 24.8 Å². The average Bonchev–Trinajstić information content (AvgIpc) is 3.08. The lowest BCUT2D eigenvalue weighted by atomic mass is 10.00. The molecule has 1 aromatic heterocycles. The third kappa shape index (κ3) is 3.81. The smallest absolute Gasteiger partial charge is 0.227 e. The number of benzene rings is 1. The third-order valence-corrected chi connectivity index (χ3v) is 4.12. The van der Waals surface area contributed by atoms with Crippen molar-refractivity contribution in [3.63, 3.8) is 0 Å². The Hall–Kier alpha value is -3.26. The number of nitrogens with zero attached hydrogens (tertiary/aromatic N) is 3. The number of amides is 1. The van der Waals surface area contributed by atoms with Gasteiger partial charge in [-0.3, -0.25) is 14.6 Å². The number of ketones is 1. The van der Waals surface area contributed by atoms with Crippen LogP contribution in [0.4, 0.5) is 5.69 Å². The van der Waals surface area contributed by atoms with E-state index in [1.165, 1.54) is 6.08 Å². The van der Waals surface area contributed by atoms with Crippen LogP contribution in [-0.2, 0) is 9.59 Å². The molecular weight excluding hydrogens is 314 g/mol. The third-order valence-electron chi connectivity index (χ3n) is 4.12. The van der Waals surface area contributed by atoms with Crippen molar-refractivity contribution in [1.29, 1.82) is 5.26 Å². The van der Waals surface area contributed by atoms with E-state index in [0.717, 1.165) is 24.2 Å². The van der Waals surface area contributed by atoms with Crippen molar-refractivity contribution in [2.24, 2.45) is 0 Å². The first kappa shape index (κ1) is 16.6. The van der Waals surface area contributed by atoms with E-state index in [-0.39, 0.29) is 11.7 Å². The van der Waals surface area contributed by atoms with Crippen LogP contribution in [-0.4, -0.2) is 23.2 Å². The molecule has 2 aromatic rings. The Kier molecular flexibility index (Phi) is 5.00. The number of aromatic nitrogens is 1. The SMILES string of the molecule is N#C[C@@H](C(=O)/C=C\c1ccc(N2CCCC2=O)cc1)c1ccccn1. The van der Waals surface area contributed by atoms with Gasteiger partial charge in [-0.2, -0.15) is 5.26 Å². The Balaban J connectivity index is 1.70. The summed E-state index contributed by atoms with van der Waals surface area (Å²) in [4.78, 5) is 29.9. The zero-order valence-corrected chi connectivity index (χ0v) is 13.6. The number of allylic oxidation sites excluding steroid dienone is 1. The van der Waals surface area contributed by atoms with Gasteiger partial charge < -0.3 is 4.90 Å². The topological polar surface area (TPSA) is 74.1 Å². The molecule has 0 radical (unpaired) electrons. The van der Waals surface area contributed by atoms with Gasteiger partial charge in [0.05, 0.1) is 11.8 Å². The highest BCUT2D eigenvalue weighted by molar-refractivity contribution is 6.00. The fourth-order valence-corrected chi connectivity index (χ4v) is 2.78. The van der Waals surface area contributed by atoms with Crippen LogP contribution >= 0.6 is 0 Å². The maximum atomic E-state index is 12.3. The van der Waals surface area contributed by atoms with Gasteiger partial charge >= 0.3 is 0 Å². The maximum absolute atomic E-state index is 12.3. The number of carbonyl (C=O) groups is 2. The summed E-state index contributed by atoms with van der Waals surface area (Å²) in [5.74, 6) is -1.07. The molecule has 0 saturated carbocycles. The highest BCUT2D eigenvalue weighted by Gasteiger charge is 2.21. The van der Waals surface area contributed by atoms with Crippen molar-refractivity contribution in [1.82, 2.24) is 4.98 Å². The first-order valence-electron chi connectivity index (χ1n) is 8.12. The molecule has 0 N–H and O–H groups in total. The Bertz CT molecular complexity index is 835. The van der Waals surface area contributed by atoms with Gasteiger partial charge in [-0.05, 0) is 42.3 Å². The van der Waals surface area contributed by atoms with Gasteiger partial charge in [0.25, 0.3) is 0 Å². The fourth-order valence-electron chi connectivity index (χ4n) is 2.78. The van der Waals surface area contributed by atoms with E-state index in [1.54, 1.807) is 35.4 Å². The highest BCUT2D eigenvalue weighted by Crippen LogP contribution is 2.22. The minimum atomic E-state index is -0.904. The molecule has 0 unspecified atom stereocenters. The number of rotatable bonds is 5. The molecule has 1 fully saturated rings. The molecule has 3 rings (SSSR count). The van der Waals surface area contributed by atoms with Crippen molar-refractivity contribution in [2.75, 3.05) is 11.4 Å². The van der Waals surface area contributed by atoms with Crippen LogP contribution in [0.5, 0.6) is 0 Å². The van der Waals surface area contributed by atoms with Gasteiger partial charge in [0.1, 0.15) is 0 Å². The zero-order chi connectivity index (χ0) is 17.6. The van der Waals surface area contributed by atoms with Gasteiger partial charge in [0.2, 0.25) is 5.91 Å². The summed E-state index contributed by atoms with van der Waals surface area (Å²) >= 11 is 0. The summed E-state index contributed by atoms with van der Waals surface area (Å²) in [6.07, 6.45) is 6.12. The standard InChI is InChI=1S/C20H17N3O2/c21-14-17(18-4-1-2-12-22-18)19(24)11-8-15-6-9-16(10-7-15)23-13-3-5-20(23)25/h1-2,4,6-12,17H,3,5,13H2/b11-8-/t17-/m1/s1. The molecule has 5 nitrogen and oxygen atoms in total. The Morgan fingerprint density at radius 2 is 2.04 bits per heavy atom. The fraction of sp³-hybridized carbons (Fsp3) is 0.200. The second-order valence-electron chi connectivity index (χ2n) is 5.79. The first-order chi connectivity index (χ1) is 12.2. The van der Waals surface area contributed by atoms with Crippen LogP contribution in [0.3, 0.4) is 0 Å². The monoisotopic (exact) mass is 331 g/mol. The van der Waals surface area contributed by atoms with E-state index in [0.29, 0.717) is 12.1 Å². The molecule has 1 aliphatic heterocycles. The summed E-state index contributed by atoms with van der Waals surface area (Å²) in [7, 11) is 0. The molecule has 2 heterocycles. The van der Waals surface area contributed by atoms with Gasteiger partial charge in [0.15, 0.2) is 11.7 Å². The molecule has 1 atom stereocenters. The quantitative estimate of drug-likeness (QED) is 0.789. The lowest BCUT2D eigenvalue weighted by Crippen LogP contribution is -2.23. The number of pyridine rings is 1. The molecule has 1 saturated heterocycles. The molecule has 124 valence electrons. The molecule has 25 heavy (non-hydrogen) atoms. The van der Waals surface area contributed by atoms with Crippen LogP contribution in [0, 0.1) is 11.3 Å². The average molecular weight is 331 g/mol. The van der Waals surface area contributed by atoms with Crippen molar-refractivity contribution in [3.8, 4) is 6.07 Å². The van der Waals surface area contributed by atoms with Gasteiger partial charge in [-0.15, -0.1) is 0 Å². The lowest BCUT2D eigenvalue weighted by Gasteiger charge is -2.15. The molecule has 1 aliphatic rings. The number of nitriles is 1. The van der Waals surface area contributed by atoms with Crippen LogP contribution in [0.1, 0.15) is 30.0 Å². The molecule has 0 aliphatic carbocycles. The van der Waals surface area contributed by atoms with Crippen molar-refractivity contribution in [2.45, 2.75) is 18.8 Å². The Morgan fingerprint density at radius 1 is 1.24 bits per heavy atom. The highest BCUT2D eigenvalue weighted by atomic mass is 16.2. The van der Waals surface area contributed by atoms with E-state index < -0.39 is 5.92 Å². The number of hydrogen-bond acceptors (Lipinski definition) is 4. The van der Waals surface area contributed by atoms with E-state index >= 15 is 0 Å². The van der Waals surface area contributed by atoms with Crippen molar-refractivity contribution >= 4 is 23.5 Å². The summed E-state index contributed by atoms with van der Waals surface area (Å²) in [6.45, 7) is 0.750. The number of carbonyl (C=O) groups excluding carboxylic acids is 2. The number of anilines is 1. The maximum Gasteiger partial charge on any atom is 0.227 e. The first-order valence-corrected chi connectivity index (χ1v) is 8.12. The van der Waals surface area contributed by atoms with E-state index in [4.69, 9.17) is 0 Å². The summed E-state index contributed by atoms with van der Waals surface area (Å²) in [5, 5.41) is 9.25. The van der Waals surface area contributed by atoms with Crippen LogP contribution < -0.4 is 4.90 Å². The summed E-state index contributed by atoms with van der Waals surface area (Å²) < 4.78 is 0. The predicted octanol–water partition coefficient (Wildman–Crippen LogP) is 3.10. The minimum absolute atomic E-state index is 0.144. The largest absolute Gasteiger partial charge is 0.312 e. The molecule has 1 aromatic carbocycles. The second kappa shape index (κ2) is 7.54. The number of hydrogen-bond donors (Lipinski definition) is 0. The van der Waals surface area contributed by atoms with Crippen molar-refractivity contribution in [3.05, 3.63) is 66.0 Å². The molecule has 1 amide bonds. The molecule has 0 spiro atoms. The van der Waals surface area contributed by atoms with Crippen molar-refractivity contribution < 1.29 is 9.59 Å². The Labute approximate surface area is 146 Å². The van der Waals surface area contributed by atoms with Gasteiger partial charge in [-0.25, -0.2) is 0 Å². The van der Waals surface area contributed by atoms with Crippen LogP contribution in [0.2, 0.25) is 0 Å². The van der Waals surface area contributed by atoms with E-state index in [1.807, 2.05) is 30.3 Å². The second-order valence-corrected chi connectivity index (χ2v) is 5.79.